The molecule has 0 unspecified atom stereocenters. The molecule has 7 aliphatic rings. The van der Waals surface area contributed by atoms with E-state index in [1.807, 2.05) is 12.1 Å². The minimum absolute atomic E-state index is 0.0486. The first kappa shape index (κ1) is 36.3. The number of nitrogens with one attached hydrogen (secondary N) is 1. The normalized spacial score (nSPS) is 45.5. The van der Waals surface area contributed by atoms with Crippen molar-refractivity contribution in [3.63, 3.8) is 0 Å². The van der Waals surface area contributed by atoms with Crippen LogP contribution in [0.3, 0.4) is 0 Å². The lowest BCUT2D eigenvalue weighted by Gasteiger charge is -2.72. The lowest BCUT2D eigenvalue weighted by Crippen LogP contribution is -2.68. The second kappa shape index (κ2) is 12.2. The maximum Gasteiger partial charge on any atom is 0.337 e. The number of allylic oxidation sites excluding steroid dienone is 3. The van der Waals surface area contributed by atoms with Gasteiger partial charge in [0.2, 0.25) is 0 Å². The smallest absolute Gasteiger partial charge is 0.337 e. The van der Waals surface area contributed by atoms with Gasteiger partial charge in [0.05, 0.1) is 23.7 Å². The van der Waals surface area contributed by atoms with Crippen molar-refractivity contribution in [1.29, 1.82) is 0 Å². The quantitative estimate of drug-likeness (QED) is 0.193. The van der Waals surface area contributed by atoms with Crippen LogP contribution in [0.1, 0.15) is 122 Å². The van der Waals surface area contributed by atoms with Crippen LogP contribution >= 0.6 is 10.6 Å². The van der Waals surface area contributed by atoms with Crippen molar-refractivity contribution >= 4 is 22.1 Å². The van der Waals surface area contributed by atoms with Crippen molar-refractivity contribution in [3.05, 3.63) is 53.6 Å². The highest BCUT2D eigenvalue weighted by Crippen LogP contribution is 2.76. The summed E-state index contributed by atoms with van der Waals surface area (Å²) in [6, 6.07) is 8.48. The fraction of sp³-hybridized carbons (Fsp3) is 0.750. The van der Waals surface area contributed by atoms with Gasteiger partial charge in [-0.3, -0.25) is 14.0 Å². The van der Waals surface area contributed by atoms with Crippen molar-refractivity contribution < 1.29 is 18.6 Å². The third kappa shape index (κ3) is 5.20. The number of carbonyl (C=O) groups excluding carboxylic acids is 1. The van der Waals surface area contributed by atoms with Gasteiger partial charge >= 0.3 is 5.97 Å². The van der Waals surface area contributed by atoms with Crippen LogP contribution in [0.5, 0.6) is 0 Å². The van der Waals surface area contributed by atoms with Crippen LogP contribution in [0.4, 0.5) is 0 Å². The summed E-state index contributed by atoms with van der Waals surface area (Å²) < 4.78 is 25.9. The van der Waals surface area contributed by atoms with Crippen molar-refractivity contribution in [2.45, 2.75) is 123 Å². The molecule has 0 radical (unpaired) electrons. The third-order valence-electron chi connectivity index (χ3n) is 17.6. The monoisotopic (exact) mass is 718 g/mol. The van der Waals surface area contributed by atoms with E-state index in [0.717, 1.165) is 32.5 Å². The van der Waals surface area contributed by atoms with Gasteiger partial charge in [-0.2, -0.15) is 10.6 Å². The first-order valence-electron chi connectivity index (χ1n) is 20.3. The summed E-state index contributed by atoms with van der Waals surface area (Å²) in [5.41, 5.74) is 5.80. The molecule has 2 bridgehead atoms. The first-order valence-corrected chi connectivity index (χ1v) is 22.1. The van der Waals surface area contributed by atoms with Gasteiger partial charge in [0.15, 0.2) is 0 Å². The molecule has 2 aliphatic heterocycles. The van der Waals surface area contributed by atoms with E-state index in [1.165, 1.54) is 75.2 Å². The number of likely N-dealkylation sites (tertiary alicyclic amines) is 1. The number of methoxy groups -OCH3 is 1. The van der Waals surface area contributed by atoms with Crippen molar-refractivity contribution in [3.8, 4) is 0 Å². The van der Waals surface area contributed by atoms with Crippen molar-refractivity contribution in [1.82, 2.24) is 10.2 Å². The van der Waals surface area contributed by atoms with Gasteiger partial charge in [0, 0.05) is 31.2 Å². The predicted octanol–water partition coefficient (Wildman–Crippen LogP) is 9.67. The lowest BCUT2D eigenvalue weighted by molar-refractivity contribution is -0.219. The summed E-state index contributed by atoms with van der Waals surface area (Å²) in [6.07, 6.45) is 15.0. The fourth-order valence-electron chi connectivity index (χ4n) is 15.0. The molecule has 3 N–H and O–H groups in total. The topological polar surface area (TPSA) is 82.0 Å². The Morgan fingerprint density at radius 2 is 1.73 bits per heavy atom. The maximum absolute atomic E-state index is 12.2. The Labute approximate surface area is 310 Å². The van der Waals surface area contributed by atoms with Crippen LogP contribution in [0.25, 0.3) is 5.57 Å². The van der Waals surface area contributed by atoms with Crippen molar-refractivity contribution in [2.75, 3.05) is 32.5 Å². The molecule has 7 heteroatoms. The predicted molar refractivity (Wildman–Crippen MR) is 210 cm³/mol. The van der Waals surface area contributed by atoms with E-state index in [9.17, 15) is 13.9 Å². The number of fused-ring (bicyclic) bond motifs is 9. The van der Waals surface area contributed by atoms with E-state index in [1.54, 1.807) is 0 Å². The standard InChI is InChI=1S/C44H66N2O4S/c1-28(2)33-15-20-44(45-23-24-46-26-32-25-31(46)27-51(32,48)49)22-21-42(6)35(38(33)44)13-14-37-41(5)18-16-34(29-9-11-30(12-10-29)39(47)50-8)40(3,4)36(41)17-19-43(37,42)7/h9-12,16,31-33,35-38,45,48-49H,1,13-15,17-27H2,2-8H3/t31-,32-,33-,35+,36-,37+,38+,41-,42+,43+,44-/m0/s1. The maximum atomic E-state index is 12.2. The molecule has 0 amide bonds. The Hall–Kier alpha value is -1.64. The molecular weight excluding hydrogens is 653 g/mol. The van der Waals surface area contributed by atoms with Gasteiger partial charge in [0.25, 0.3) is 0 Å². The van der Waals surface area contributed by atoms with E-state index >= 15 is 0 Å². The van der Waals surface area contributed by atoms with Crippen LogP contribution in [0.15, 0.2) is 42.5 Å². The van der Waals surface area contributed by atoms with Crippen LogP contribution in [0, 0.1) is 51.2 Å². The van der Waals surface area contributed by atoms with E-state index in [-0.39, 0.29) is 27.6 Å². The molecule has 0 spiro atoms. The minimum atomic E-state index is -2.36. The Bertz CT molecular complexity index is 1600. The number of rotatable bonds is 7. The number of esters is 1. The number of benzene rings is 1. The molecule has 1 aromatic rings. The fourth-order valence-corrected chi connectivity index (χ4v) is 17.1. The second-order valence-electron chi connectivity index (χ2n) is 19.8. The van der Waals surface area contributed by atoms with Gasteiger partial charge in [-0.25, -0.2) is 4.79 Å². The molecule has 51 heavy (non-hydrogen) atoms. The zero-order valence-corrected chi connectivity index (χ0v) is 33.4. The van der Waals surface area contributed by atoms with Gasteiger partial charge in [-0.15, -0.1) is 0 Å². The number of ether oxygens (including phenoxy) is 1. The molecule has 2 saturated heterocycles. The molecule has 4 saturated carbocycles. The average molecular weight is 719 g/mol. The zero-order chi connectivity index (χ0) is 36.4. The summed E-state index contributed by atoms with van der Waals surface area (Å²) in [7, 11) is -0.915. The Kier molecular flexibility index (Phi) is 8.68. The molecule has 11 atom stereocenters. The molecule has 282 valence electrons. The van der Waals surface area contributed by atoms with Crippen LogP contribution in [0.2, 0.25) is 0 Å². The van der Waals surface area contributed by atoms with E-state index in [0.29, 0.717) is 57.8 Å². The van der Waals surface area contributed by atoms with Gasteiger partial charge in [-0.05, 0) is 146 Å². The van der Waals surface area contributed by atoms with Crippen molar-refractivity contribution in [2.24, 2.45) is 51.2 Å². The first-order chi connectivity index (χ1) is 24.0. The SMILES string of the molecule is C=C(C)[C@@H]1CC[C@]2(NCCN3C[C@@H]4C[C@H]3CS4(O)O)CC[C@]3(C)[C@H](CC[C@@H]4[C@@]5(C)CC=C(c6ccc(C(=O)OC)cc6)C(C)(C)[C@@H]5CC[C@]43C)[C@@H]12. The molecular formula is C44H66N2O4S. The molecule has 6 fully saturated rings. The lowest BCUT2D eigenvalue weighted by atomic mass is 9.33. The number of hydrogen-bond donors (Lipinski definition) is 3. The van der Waals surface area contributed by atoms with Gasteiger partial charge < -0.3 is 10.1 Å². The average Bonchev–Trinajstić information content (AvgIpc) is 3.75. The highest BCUT2D eigenvalue weighted by Gasteiger charge is 2.70. The van der Waals surface area contributed by atoms with E-state index in [4.69, 9.17) is 4.74 Å². The minimum Gasteiger partial charge on any atom is -0.465 e. The molecule has 8 rings (SSSR count). The third-order valence-corrected chi connectivity index (χ3v) is 19.9. The second-order valence-corrected chi connectivity index (χ2v) is 22.2. The van der Waals surface area contributed by atoms with Gasteiger partial charge in [-0.1, -0.05) is 65.0 Å². The van der Waals surface area contributed by atoms with Crippen LogP contribution in [-0.2, 0) is 4.74 Å². The summed E-state index contributed by atoms with van der Waals surface area (Å²) in [5, 5.41) is 4.38. The zero-order valence-electron chi connectivity index (χ0n) is 32.6. The highest BCUT2D eigenvalue weighted by atomic mass is 32.3. The summed E-state index contributed by atoms with van der Waals surface area (Å²) in [5.74, 6) is 3.56. The van der Waals surface area contributed by atoms with E-state index in [2.05, 4.69) is 76.5 Å². The largest absolute Gasteiger partial charge is 0.465 e. The number of carbonyl (C=O) groups is 1. The van der Waals surface area contributed by atoms with Crippen LogP contribution < -0.4 is 5.32 Å². The molecule has 6 nitrogen and oxygen atoms in total. The van der Waals surface area contributed by atoms with Crippen LogP contribution in [-0.4, -0.2) is 69.3 Å². The number of hydrogen-bond acceptors (Lipinski definition) is 6. The Balaban J connectivity index is 1.04. The molecule has 2 heterocycles. The highest BCUT2D eigenvalue weighted by molar-refractivity contribution is 8.25. The summed E-state index contributed by atoms with van der Waals surface area (Å²) >= 11 is 0. The van der Waals surface area contributed by atoms with E-state index < -0.39 is 10.6 Å². The summed E-state index contributed by atoms with van der Waals surface area (Å²) in [4.78, 5) is 14.7. The van der Waals surface area contributed by atoms with Gasteiger partial charge in [0.1, 0.15) is 0 Å². The molecule has 5 aliphatic carbocycles. The number of nitrogens with zero attached hydrogens (tertiary/aromatic N) is 1. The molecule has 1 aromatic carbocycles. The molecule has 0 aromatic heterocycles. The Morgan fingerprint density at radius 1 is 0.980 bits per heavy atom. The Morgan fingerprint density at radius 3 is 2.37 bits per heavy atom. The summed E-state index contributed by atoms with van der Waals surface area (Å²) in [6.45, 7) is 23.0.